The molecule has 6 nitrogen and oxygen atoms in total. The van der Waals surface area contributed by atoms with E-state index in [9.17, 15) is 0 Å². The number of hydrogen-bond donors (Lipinski definition) is 1. The van der Waals surface area contributed by atoms with Crippen LogP contribution in [-0.4, -0.2) is 20.0 Å². The first kappa shape index (κ1) is 12.4. The molecule has 0 bridgehead atoms. The van der Waals surface area contributed by atoms with Gasteiger partial charge in [-0.1, -0.05) is 28.4 Å². The van der Waals surface area contributed by atoms with Crippen LogP contribution in [0.4, 0.5) is 0 Å². The molecule has 0 radical (unpaired) electrons. The van der Waals surface area contributed by atoms with Crippen molar-refractivity contribution in [1.29, 1.82) is 0 Å². The number of fused-ring (bicyclic) bond motifs is 1. The van der Waals surface area contributed by atoms with Gasteiger partial charge in [-0.15, -0.1) is 5.10 Å². The Kier molecular flexibility index (Phi) is 3.14. The zero-order valence-electron chi connectivity index (χ0n) is 9.68. The van der Waals surface area contributed by atoms with Crippen LogP contribution in [0, 0.1) is 0 Å². The second-order valence-corrected chi connectivity index (χ2v) is 4.80. The molecule has 0 saturated heterocycles. The monoisotopic (exact) mass is 297 g/mol. The lowest BCUT2D eigenvalue weighted by atomic mass is 10.3. The molecule has 0 aliphatic carbocycles. The average Bonchev–Trinajstić information content (AvgIpc) is 2.96. The number of rotatable bonds is 3. The van der Waals surface area contributed by atoms with Crippen LogP contribution in [0.15, 0.2) is 22.7 Å². The summed E-state index contributed by atoms with van der Waals surface area (Å²) in [5.74, 6) is 0.479. The highest BCUT2D eigenvalue weighted by molar-refractivity contribution is 6.37. The maximum atomic E-state index is 6.04. The van der Waals surface area contributed by atoms with E-state index in [0.717, 1.165) is 0 Å². The Morgan fingerprint density at radius 2 is 2.16 bits per heavy atom. The zero-order valence-corrected chi connectivity index (χ0v) is 11.2. The number of nitrogens with two attached hydrogens (primary N) is 1. The van der Waals surface area contributed by atoms with Crippen LogP contribution in [0.3, 0.4) is 0 Å². The molecule has 0 saturated carbocycles. The van der Waals surface area contributed by atoms with Crippen LogP contribution in [0.5, 0.6) is 0 Å². The van der Waals surface area contributed by atoms with Crippen molar-refractivity contribution in [3.8, 4) is 0 Å². The van der Waals surface area contributed by atoms with Gasteiger partial charge in [0.25, 0.3) is 0 Å². The van der Waals surface area contributed by atoms with E-state index in [1.165, 1.54) is 0 Å². The Morgan fingerprint density at radius 3 is 2.89 bits per heavy atom. The summed E-state index contributed by atoms with van der Waals surface area (Å²) < 4.78 is 7.18. The van der Waals surface area contributed by atoms with Gasteiger partial charge in [0.05, 0.1) is 16.9 Å². The van der Waals surface area contributed by atoms with Crippen LogP contribution in [0.2, 0.25) is 10.0 Å². The molecule has 2 aromatic heterocycles. The highest BCUT2D eigenvalue weighted by Crippen LogP contribution is 2.28. The molecule has 0 aliphatic rings. The molecule has 0 fully saturated rings. The molecule has 3 rings (SSSR count). The van der Waals surface area contributed by atoms with E-state index in [0.29, 0.717) is 45.8 Å². The molecule has 0 unspecified atom stereocenters. The van der Waals surface area contributed by atoms with Gasteiger partial charge in [-0.2, -0.15) is 0 Å². The molecule has 0 atom stereocenters. The Balaban J connectivity index is 1.95. The quantitative estimate of drug-likeness (QED) is 0.801. The molecule has 0 aliphatic heterocycles. The van der Waals surface area contributed by atoms with E-state index in [4.69, 9.17) is 33.4 Å². The molecule has 1 aromatic carbocycles. The largest absolute Gasteiger partial charge is 0.437 e. The van der Waals surface area contributed by atoms with Crippen LogP contribution in [0.1, 0.15) is 11.6 Å². The topological polar surface area (TPSA) is 82.8 Å². The first-order chi connectivity index (χ1) is 9.15. The van der Waals surface area contributed by atoms with Crippen LogP contribution >= 0.6 is 23.2 Å². The molecule has 2 heterocycles. The number of nitrogens with zero attached hydrogens (tertiary/aromatic N) is 4. The standard InChI is InChI=1S/C11H9Cl2N5O/c12-6-1-8(13)11-9(2-6)15-10(19-11)5-18-4-7(3-14)16-17-18/h1-2,4H,3,5,14H2. The third-order valence-electron chi connectivity index (χ3n) is 2.55. The minimum absolute atomic E-state index is 0.342. The second-order valence-electron chi connectivity index (χ2n) is 3.96. The summed E-state index contributed by atoms with van der Waals surface area (Å²) in [7, 11) is 0. The summed E-state index contributed by atoms with van der Waals surface area (Å²) in [4.78, 5) is 4.31. The average molecular weight is 298 g/mol. The fourth-order valence-corrected chi connectivity index (χ4v) is 2.24. The lowest BCUT2D eigenvalue weighted by Gasteiger charge is -1.93. The van der Waals surface area contributed by atoms with E-state index in [-0.39, 0.29) is 0 Å². The molecule has 98 valence electrons. The highest BCUT2D eigenvalue weighted by Gasteiger charge is 2.11. The molecule has 2 N–H and O–H groups in total. The molecule has 3 aromatic rings. The molecular weight excluding hydrogens is 289 g/mol. The fraction of sp³-hybridized carbons (Fsp3) is 0.182. The summed E-state index contributed by atoms with van der Waals surface area (Å²) >= 11 is 11.9. The van der Waals surface area contributed by atoms with Crippen molar-refractivity contribution in [3.05, 3.63) is 40.0 Å². The number of hydrogen-bond acceptors (Lipinski definition) is 5. The summed E-state index contributed by atoms with van der Waals surface area (Å²) in [6.45, 7) is 0.699. The van der Waals surface area contributed by atoms with E-state index in [1.807, 2.05) is 0 Å². The van der Waals surface area contributed by atoms with Crippen molar-refractivity contribution in [1.82, 2.24) is 20.0 Å². The van der Waals surface area contributed by atoms with Gasteiger partial charge in [-0.3, -0.25) is 0 Å². The first-order valence-electron chi connectivity index (χ1n) is 5.49. The minimum atomic E-state index is 0.342. The molecular formula is C11H9Cl2N5O. The first-order valence-corrected chi connectivity index (χ1v) is 6.25. The predicted octanol–water partition coefficient (Wildman–Crippen LogP) is 2.23. The van der Waals surface area contributed by atoms with Gasteiger partial charge < -0.3 is 10.2 Å². The molecule has 0 spiro atoms. The van der Waals surface area contributed by atoms with Gasteiger partial charge in [-0.25, -0.2) is 9.67 Å². The molecule has 8 heteroatoms. The van der Waals surface area contributed by atoms with Gasteiger partial charge in [0.2, 0.25) is 5.89 Å². The van der Waals surface area contributed by atoms with Crippen molar-refractivity contribution < 1.29 is 4.42 Å². The summed E-state index contributed by atoms with van der Waals surface area (Å²) in [6.07, 6.45) is 1.74. The lowest BCUT2D eigenvalue weighted by molar-refractivity contribution is 0.485. The second kappa shape index (κ2) is 4.80. The van der Waals surface area contributed by atoms with Crippen molar-refractivity contribution in [2.45, 2.75) is 13.1 Å². The third-order valence-corrected chi connectivity index (χ3v) is 3.05. The maximum absolute atomic E-state index is 6.04. The number of halogens is 2. The SMILES string of the molecule is NCc1cn(Cc2nc3cc(Cl)cc(Cl)c3o2)nn1. The number of oxazole rings is 1. The van der Waals surface area contributed by atoms with E-state index in [2.05, 4.69) is 15.3 Å². The summed E-state index contributed by atoms with van der Waals surface area (Å²) in [5, 5.41) is 8.76. The van der Waals surface area contributed by atoms with Gasteiger partial charge >= 0.3 is 0 Å². The zero-order chi connectivity index (χ0) is 13.4. The Bertz CT molecular complexity index is 736. The predicted molar refractivity (Wildman–Crippen MR) is 71.0 cm³/mol. The molecule has 19 heavy (non-hydrogen) atoms. The Hall–Kier alpha value is -1.63. The third kappa shape index (κ3) is 2.42. The van der Waals surface area contributed by atoms with Crippen molar-refractivity contribution >= 4 is 34.3 Å². The van der Waals surface area contributed by atoms with E-state index >= 15 is 0 Å². The number of aromatic nitrogens is 4. The Morgan fingerprint density at radius 1 is 1.32 bits per heavy atom. The van der Waals surface area contributed by atoms with Crippen LogP contribution in [0.25, 0.3) is 11.1 Å². The fourth-order valence-electron chi connectivity index (χ4n) is 1.72. The highest BCUT2D eigenvalue weighted by atomic mass is 35.5. The maximum Gasteiger partial charge on any atom is 0.217 e. The van der Waals surface area contributed by atoms with Crippen LogP contribution < -0.4 is 5.73 Å². The normalized spacial score (nSPS) is 11.3. The number of benzene rings is 1. The Labute approximate surface area is 118 Å². The van der Waals surface area contributed by atoms with Crippen LogP contribution in [-0.2, 0) is 13.1 Å². The summed E-state index contributed by atoms with van der Waals surface area (Å²) in [6, 6.07) is 3.31. The van der Waals surface area contributed by atoms with Gasteiger partial charge in [-0.05, 0) is 12.1 Å². The lowest BCUT2D eigenvalue weighted by Crippen LogP contribution is -2.00. The summed E-state index contributed by atoms with van der Waals surface area (Å²) in [5.41, 5.74) is 7.30. The van der Waals surface area contributed by atoms with Gasteiger partial charge in [0.1, 0.15) is 12.1 Å². The minimum Gasteiger partial charge on any atom is -0.437 e. The van der Waals surface area contributed by atoms with E-state index in [1.54, 1.807) is 23.0 Å². The van der Waals surface area contributed by atoms with Crippen molar-refractivity contribution in [2.24, 2.45) is 5.73 Å². The van der Waals surface area contributed by atoms with E-state index < -0.39 is 0 Å². The van der Waals surface area contributed by atoms with Crippen molar-refractivity contribution in [3.63, 3.8) is 0 Å². The molecule has 0 amide bonds. The van der Waals surface area contributed by atoms with Gasteiger partial charge in [0.15, 0.2) is 5.58 Å². The smallest absolute Gasteiger partial charge is 0.217 e. The van der Waals surface area contributed by atoms with Crippen molar-refractivity contribution in [2.75, 3.05) is 0 Å². The van der Waals surface area contributed by atoms with Gasteiger partial charge in [0, 0.05) is 11.6 Å².